The molecule has 0 fully saturated rings. The van der Waals surface area contributed by atoms with E-state index in [-0.39, 0.29) is 12.5 Å². The van der Waals surface area contributed by atoms with E-state index in [1.807, 2.05) is 68.6 Å². The monoisotopic (exact) mass is 361 g/mol. The number of carbonyl (C=O) groups is 1. The van der Waals surface area contributed by atoms with Crippen LogP contribution in [0.5, 0.6) is 5.75 Å². The van der Waals surface area contributed by atoms with Crippen molar-refractivity contribution in [3.8, 4) is 5.75 Å². The minimum Gasteiger partial charge on any atom is -0.483 e. The van der Waals surface area contributed by atoms with Gasteiger partial charge in [-0.3, -0.25) is 4.79 Å². The molecule has 0 bridgehead atoms. The number of carbonyl (C=O) groups excluding carboxylic acids is 1. The molecule has 0 spiro atoms. The van der Waals surface area contributed by atoms with E-state index in [0.717, 1.165) is 33.3 Å². The van der Waals surface area contributed by atoms with Crippen molar-refractivity contribution in [3.63, 3.8) is 0 Å². The van der Waals surface area contributed by atoms with Crippen molar-refractivity contribution in [2.45, 2.75) is 20.4 Å². The van der Waals surface area contributed by atoms with Crippen molar-refractivity contribution >= 4 is 23.0 Å². The van der Waals surface area contributed by atoms with Gasteiger partial charge in [0.05, 0.1) is 6.21 Å². The Kier molecular flexibility index (Phi) is 5.71. The number of para-hydroxylation sites is 2. The van der Waals surface area contributed by atoms with E-state index in [2.05, 4.69) is 21.7 Å². The minimum atomic E-state index is -0.302. The predicted octanol–water partition coefficient (Wildman–Crippen LogP) is 3.97. The molecule has 3 aromatic rings. The summed E-state index contributed by atoms with van der Waals surface area (Å²) >= 11 is 0. The zero-order chi connectivity index (χ0) is 19.2. The Labute approximate surface area is 159 Å². The van der Waals surface area contributed by atoms with E-state index < -0.39 is 0 Å². The third-order valence-electron chi connectivity index (χ3n) is 4.29. The number of nitrogens with one attached hydrogen (secondary N) is 1. The zero-order valence-corrected chi connectivity index (χ0v) is 15.6. The molecule has 0 atom stereocenters. The van der Waals surface area contributed by atoms with Crippen LogP contribution >= 0.6 is 0 Å². The molecule has 5 nitrogen and oxygen atoms in total. The molecule has 0 aliphatic heterocycles. The van der Waals surface area contributed by atoms with Crippen molar-refractivity contribution in [3.05, 3.63) is 78.0 Å². The maximum absolute atomic E-state index is 12.0. The first-order valence-electron chi connectivity index (χ1n) is 8.80. The number of ether oxygens (including phenoxy) is 1. The van der Waals surface area contributed by atoms with Gasteiger partial charge in [0.2, 0.25) is 0 Å². The fourth-order valence-corrected chi connectivity index (χ4v) is 3.04. The molecule has 1 aromatic heterocycles. The Bertz CT molecular complexity index is 982. The highest BCUT2D eigenvalue weighted by Gasteiger charge is 2.08. The molecule has 0 radical (unpaired) electrons. The number of allylic oxidation sites excluding steroid dienone is 1. The number of amides is 1. The second kappa shape index (κ2) is 8.36. The Morgan fingerprint density at radius 3 is 2.67 bits per heavy atom. The Balaban J connectivity index is 1.64. The lowest BCUT2D eigenvalue weighted by Gasteiger charge is -2.10. The molecule has 1 heterocycles. The topological polar surface area (TPSA) is 55.6 Å². The first kappa shape index (κ1) is 18.5. The van der Waals surface area contributed by atoms with Gasteiger partial charge in [0, 0.05) is 29.2 Å². The molecule has 0 aliphatic rings. The van der Waals surface area contributed by atoms with E-state index in [4.69, 9.17) is 4.74 Å². The lowest BCUT2D eigenvalue weighted by molar-refractivity contribution is -0.123. The fraction of sp³-hybridized carbons (Fsp3) is 0.182. The maximum atomic E-state index is 12.0. The summed E-state index contributed by atoms with van der Waals surface area (Å²) in [5, 5.41) is 5.15. The highest BCUT2D eigenvalue weighted by Crippen LogP contribution is 2.22. The van der Waals surface area contributed by atoms with Gasteiger partial charge in [0.1, 0.15) is 5.75 Å². The zero-order valence-electron chi connectivity index (χ0n) is 15.6. The number of benzene rings is 2. The number of fused-ring (bicyclic) bond motifs is 1. The molecule has 2 aromatic carbocycles. The Morgan fingerprint density at radius 2 is 1.93 bits per heavy atom. The normalized spacial score (nSPS) is 11.0. The Morgan fingerprint density at radius 1 is 1.19 bits per heavy atom. The van der Waals surface area contributed by atoms with Crippen molar-refractivity contribution in [2.75, 3.05) is 6.61 Å². The van der Waals surface area contributed by atoms with Crippen LogP contribution in [0.2, 0.25) is 0 Å². The van der Waals surface area contributed by atoms with Gasteiger partial charge in [-0.25, -0.2) is 5.43 Å². The molecule has 5 heteroatoms. The van der Waals surface area contributed by atoms with Crippen LogP contribution in [0.25, 0.3) is 10.9 Å². The molecular formula is C22H23N3O2. The first-order chi connectivity index (χ1) is 13.1. The van der Waals surface area contributed by atoms with Crippen LogP contribution in [-0.2, 0) is 11.3 Å². The number of hydrogen-bond donors (Lipinski definition) is 1. The van der Waals surface area contributed by atoms with Crippen LogP contribution < -0.4 is 10.2 Å². The average molecular weight is 361 g/mol. The summed E-state index contributed by atoms with van der Waals surface area (Å²) in [5.74, 6) is 0.438. The highest BCUT2D eigenvalue weighted by molar-refractivity contribution is 5.99. The number of rotatable bonds is 7. The molecular weight excluding hydrogens is 338 g/mol. The van der Waals surface area contributed by atoms with E-state index in [1.165, 1.54) is 0 Å². The van der Waals surface area contributed by atoms with Crippen molar-refractivity contribution in [1.82, 2.24) is 9.99 Å². The average Bonchev–Trinajstić information content (AvgIpc) is 3.00. The van der Waals surface area contributed by atoms with E-state index in [1.54, 1.807) is 6.21 Å². The molecule has 0 saturated carbocycles. The molecule has 3 rings (SSSR count). The van der Waals surface area contributed by atoms with Crippen LogP contribution in [0.15, 0.2) is 66.4 Å². The van der Waals surface area contributed by atoms with Gasteiger partial charge >= 0.3 is 0 Å². The second-order valence-electron chi connectivity index (χ2n) is 6.35. The third kappa shape index (κ3) is 4.26. The van der Waals surface area contributed by atoms with E-state index in [0.29, 0.717) is 6.54 Å². The summed E-state index contributed by atoms with van der Waals surface area (Å²) in [6, 6.07) is 13.9. The van der Waals surface area contributed by atoms with Gasteiger partial charge in [0.15, 0.2) is 6.61 Å². The van der Waals surface area contributed by atoms with Crippen LogP contribution in [0, 0.1) is 13.8 Å². The fourth-order valence-electron chi connectivity index (χ4n) is 3.04. The van der Waals surface area contributed by atoms with Crippen LogP contribution in [0.3, 0.4) is 0 Å². The lowest BCUT2D eigenvalue weighted by atomic mass is 10.1. The SMILES string of the molecule is C=CCn1cc(/C=N\NC(=O)COc2c(C)cccc2C)c2ccccc21. The smallest absolute Gasteiger partial charge is 0.277 e. The summed E-state index contributed by atoms with van der Waals surface area (Å²) in [5.41, 5.74) is 6.56. The third-order valence-corrected chi connectivity index (χ3v) is 4.29. The van der Waals surface area contributed by atoms with E-state index >= 15 is 0 Å². The standard InChI is InChI=1S/C22H23N3O2/c1-4-12-25-14-18(19-10-5-6-11-20(19)25)13-23-24-21(26)15-27-22-16(2)8-7-9-17(22)3/h4-11,13-14H,1,12,15H2,2-3H3,(H,24,26)/b23-13-. The summed E-state index contributed by atoms with van der Waals surface area (Å²) in [6.45, 7) is 8.33. The molecule has 0 saturated heterocycles. The van der Waals surface area contributed by atoms with Gasteiger partial charge in [0.25, 0.3) is 5.91 Å². The molecule has 1 N–H and O–H groups in total. The van der Waals surface area contributed by atoms with E-state index in [9.17, 15) is 4.79 Å². The van der Waals surface area contributed by atoms with Crippen LogP contribution in [0.4, 0.5) is 0 Å². The van der Waals surface area contributed by atoms with Gasteiger partial charge in [-0.1, -0.05) is 42.5 Å². The summed E-state index contributed by atoms with van der Waals surface area (Å²) in [4.78, 5) is 12.0. The van der Waals surface area contributed by atoms with Crippen molar-refractivity contribution in [1.29, 1.82) is 0 Å². The van der Waals surface area contributed by atoms with Gasteiger partial charge in [-0.15, -0.1) is 6.58 Å². The summed E-state index contributed by atoms with van der Waals surface area (Å²) in [7, 11) is 0. The van der Waals surface area contributed by atoms with Crippen molar-refractivity contribution < 1.29 is 9.53 Å². The van der Waals surface area contributed by atoms with Crippen LogP contribution in [-0.4, -0.2) is 23.3 Å². The predicted molar refractivity (Wildman–Crippen MR) is 109 cm³/mol. The number of hydrazone groups is 1. The number of hydrogen-bond acceptors (Lipinski definition) is 3. The highest BCUT2D eigenvalue weighted by atomic mass is 16.5. The second-order valence-corrected chi connectivity index (χ2v) is 6.35. The molecule has 138 valence electrons. The molecule has 0 unspecified atom stereocenters. The summed E-state index contributed by atoms with van der Waals surface area (Å²) < 4.78 is 7.73. The van der Waals surface area contributed by atoms with Gasteiger partial charge in [-0.2, -0.15) is 5.10 Å². The molecule has 0 aliphatic carbocycles. The van der Waals surface area contributed by atoms with Crippen LogP contribution in [0.1, 0.15) is 16.7 Å². The first-order valence-corrected chi connectivity index (χ1v) is 8.80. The minimum absolute atomic E-state index is 0.0821. The number of aryl methyl sites for hydroxylation is 2. The molecule has 1 amide bonds. The van der Waals surface area contributed by atoms with Gasteiger partial charge < -0.3 is 9.30 Å². The quantitative estimate of drug-likeness (QED) is 0.393. The lowest BCUT2D eigenvalue weighted by Crippen LogP contribution is -2.25. The Hall–Kier alpha value is -3.34. The van der Waals surface area contributed by atoms with Gasteiger partial charge in [-0.05, 0) is 31.0 Å². The molecule has 27 heavy (non-hydrogen) atoms. The maximum Gasteiger partial charge on any atom is 0.277 e. The number of aromatic nitrogens is 1. The van der Waals surface area contributed by atoms with Crippen molar-refractivity contribution in [2.24, 2.45) is 5.10 Å². The number of nitrogens with zero attached hydrogens (tertiary/aromatic N) is 2. The largest absolute Gasteiger partial charge is 0.483 e. The summed E-state index contributed by atoms with van der Waals surface area (Å²) in [6.07, 6.45) is 5.49.